The summed E-state index contributed by atoms with van der Waals surface area (Å²) in [4.78, 5) is 8.65. The summed E-state index contributed by atoms with van der Waals surface area (Å²) in [5.41, 5.74) is 2.18. The van der Waals surface area contributed by atoms with E-state index in [1.165, 1.54) is 5.56 Å². The number of aryl methyl sites for hydroxylation is 2. The molecule has 1 aromatic carbocycles. The highest BCUT2D eigenvalue weighted by molar-refractivity contribution is 7.98. The van der Waals surface area contributed by atoms with Crippen LogP contribution in [0.4, 0.5) is 0 Å². The highest BCUT2D eigenvalue weighted by Crippen LogP contribution is 2.22. The Kier molecular flexibility index (Phi) is 3.56. The minimum atomic E-state index is 0.605. The standard InChI is InChI=1S/C14H14N4OS/c1-10-3-5-11(6-4-10)13-16-12(19-17-13)9-20-14-15-7-8-18(14)2/h3-8H,9H2,1-2H3. The van der Waals surface area contributed by atoms with Crippen LogP contribution in [0.15, 0.2) is 46.3 Å². The topological polar surface area (TPSA) is 56.7 Å². The van der Waals surface area contributed by atoms with Gasteiger partial charge in [-0.05, 0) is 6.92 Å². The van der Waals surface area contributed by atoms with Crippen LogP contribution < -0.4 is 0 Å². The van der Waals surface area contributed by atoms with Gasteiger partial charge in [-0.3, -0.25) is 0 Å². The van der Waals surface area contributed by atoms with Crippen molar-refractivity contribution in [3.63, 3.8) is 0 Å². The Hall–Kier alpha value is -2.08. The van der Waals surface area contributed by atoms with Gasteiger partial charge >= 0.3 is 0 Å². The van der Waals surface area contributed by atoms with E-state index >= 15 is 0 Å². The van der Waals surface area contributed by atoms with Gasteiger partial charge < -0.3 is 9.09 Å². The van der Waals surface area contributed by atoms with Crippen LogP contribution >= 0.6 is 11.8 Å². The summed E-state index contributed by atoms with van der Waals surface area (Å²) in [6.45, 7) is 2.05. The molecule has 2 heterocycles. The van der Waals surface area contributed by atoms with Gasteiger partial charge in [0.2, 0.25) is 11.7 Å². The molecule has 6 heteroatoms. The van der Waals surface area contributed by atoms with E-state index in [1.54, 1.807) is 18.0 Å². The second-order valence-electron chi connectivity index (χ2n) is 4.49. The molecule has 5 nitrogen and oxygen atoms in total. The zero-order chi connectivity index (χ0) is 13.9. The van der Waals surface area contributed by atoms with Crippen LogP contribution in [-0.2, 0) is 12.8 Å². The Morgan fingerprint density at radius 1 is 1.25 bits per heavy atom. The summed E-state index contributed by atoms with van der Waals surface area (Å²) in [5, 5.41) is 4.94. The average molecular weight is 286 g/mol. The molecule has 0 amide bonds. The molecule has 0 aliphatic rings. The van der Waals surface area contributed by atoms with Crippen LogP contribution in [0.3, 0.4) is 0 Å². The van der Waals surface area contributed by atoms with Crippen LogP contribution in [-0.4, -0.2) is 19.7 Å². The van der Waals surface area contributed by atoms with E-state index in [0.29, 0.717) is 17.5 Å². The van der Waals surface area contributed by atoms with Crippen LogP contribution in [0.25, 0.3) is 11.4 Å². The van der Waals surface area contributed by atoms with E-state index in [0.717, 1.165) is 10.7 Å². The number of nitrogens with zero attached hydrogens (tertiary/aromatic N) is 4. The molecule has 0 spiro atoms. The normalized spacial score (nSPS) is 10.9. The number of rotatable bonds is 4. The monoisotopic (exact) mass is 286 g/mol. The maximum Gasteiger partial charge on any atom is 0.237 e. The van der Waals surface area contributed by atoms with Crippen molar-refractivity contribution in [3.05, 3.63) is 48.1 Å². The third kappa shape index (κ3) is 2.75. The first-order chi connectivity index (χ1) is 9.72. The molecule has 0 unspecified atom stereocenters. The lowest BCUT2D eigenvalue weighted by molar-refractivity contribution is 0.391. The van der Waals surface area contributed by atoms with E-state index in [9.17, 15) is 0 Å². The fourth-order valence-corrected chi connectivity index (χ4v) is 2.52. The van der Waals surface area contributed by atoms with Crippen molar-refractivity contribution in [1.29, 1.82) is 0 Å². The van der Waals surface area contributed by atoms with Crippen LogP contribution in [0, 0.1) is 6.92 Å². The number of hydrogen-bond acceptors (Lipinski definition) is 5. The number of thioether (sulfide) groups is 1. The van der Waals surface area contributed by atoms with Gasteiger partial charge in [-0.2, -0.15) is 4.98 Å². The summed E-state index contributed by atoms with van der Waals surface area (Å²) in [5.74, 6) is 1.85. The van der Waals surface area contributed by atoms with Crippen molar-refractivity contribution in [2.24, 2.45) is 7.05 Å². The summed E-state index contributed by atoms with van der Waals surface area (Å²) < 4.78 is 7.23. The molecule has 0 radical (unpaired) electrons. The molecule has 3 aromatic rings. The van der Waals surface area contributed by atoms with Gasteiger partial charge in [0.25, 0.3) is 0 Å². The summed E-state index contributed by atoms with van der Waals surface area (Å²) >= 11 is 1.57. The molecule has 0 saturated carbocycles. The molecule has 0 N–H and O–H groups in total. The Labute approximate surface area is 121 Å². The smallest absolute Gasteiger partial charge is 0.237 e. The molecule has 0 atom stereocenters. The fourth-order valence-electron chi connectivity index (χ4n) is 1.75. The Bertz CT molecular complexity index is 702. The van der Waals surface area contributed by atoms with Crippen molar-refractivity contribution < 1.29 is 4.52 Å². The molecule has 0 fully saturated rings. The summed E-state index contributed by atoms with van der Waals surface area (Å²) in [6, 6.07) is 8.06. The quantitative estimate of drug-likeness (QED) is 0.690. The third-order valence-corrected chi connectivity index (χ3v) is 3.92. The fraction of sp³-hybridized carbons (Fsp3) is 0.214. The lowest BCUT2D eigenvalue weighted by atomic mass is 10.1. The molecule has 2 aromatic heterocycles. The molecule has 0 bridgehead atoms. The van der Waals surface area contributed by atoms with Gasteiger partial charge in [0.15, 0.2) is 5.16 Å². The molecular weight excluding hydrogens is 272 g/mol. The van der Waals surface area contributed by atoms with Gasteiger partial charge in [-0.25, -0.2) is 4.98 Å². The van der Waals surface area contributed by atoms with Crippen molar-refractivity contribution in [2.75, 3.05) is 0 Å². The van der Waals surface area contributed by atoms with E-state index in [-0.39, 0.29) is 0 Å². The lowest BCUT2D eigenvalue weighted by Crippen LogP contribution is -1.90. The first-order valence-electron chi connectivity index (χ1n) is 6.22. The highest BCUT2D eigenvalue weighted by atomic mass is 32.2. The van der Waals surface area contributed by atoms with Crippen molar-refractivity contribution in [1.82, 2.24) is 19.7 Å². The van der Waals surface area contributed by atoms with Crippen LogP contribution in [0.2, 0.25) is 0 Å². The molecule has 0 saturated heterocycles. The van der Waals surface area contributed by atoms with Crippen LogP contribution in [0.5, 0.6) is 0 Å². The molecule has 20 heavy (non-hydrogen) atoms. The van der Waals surface area contributed by atoms with E-state index in [1.807, 2.05) is 42.1 Å². The van der Waals surface area contributed by atoms with E-state index in [4.69, 9.17) is 4.52 Å². The van der Waals surface area contributed by atoms with Crippen molar-refractivity contribution >= 4 is 11.8 Å². The predicted octanol–water partition coefficient (Wildman–Crippen LogP) is 3.07. The third-order valence-electron chi connectivity index (χ3n) is 2.88. The zero-order valence-corrected chi connectivity index (χ0v) is 12.1. The molecule has 0 aliphatic carbocycles. The molecule has 3 rings (SSSR count). The predicted molar refractivity (Wildman–Crippen MR) is 77.2 cm³/mol. The van der Waals surface area contributed by atoms with Crippen molar-refractivity contribution in [3.8, 4) is 11.4 Å². The first kappa shape index (κ1) is 12.9. The SMILES string of the molecule is Cc1ccc(-c2noc(CSc3nccn3C)n2)cc1. The average Bonchev–Trinajstić information content (AvgIpc) is 3.06. The number of imidazole rings is 1. The summed E-state index contributed by atoms with van der Waals surface area (Å²) in [7, 11) is 1.96. The largest absolute Gasteiger partial charge is 0.338 e. The van der Waals surface area contributed by atoms with Crippen molar-refractivity contribution in [2.45, 2.75) is 17.8 Å². The maximum absolute atomic E-state index is 5.27. The van der Waals surface area contributed by atoms with Crippen LogP contribution in [0.1, 0.15) is 11.5 Å². The van der Waals surface area contributed by atoms with E-state index in [2.05, 4.69) is 22.0 Å². The van der Waals surface area contributed by atoms with Gasteiger partial charge in [-0.15, -0.1) is 0 Å². The first-order valence-corrected chi connectivity index (χ1v) is 7.20. The van der Waals surface area contributed by atoms with Gasteiger partial charge in [0, 0.05) is 25.0 Å². The number of benzene rings is 1. The minimum absolute atomic E-state index is 0.605. The minimum Gasteiger partial charge on any atom is -0.338 e. The zero-order valence-electron chi connectivity index (χ0n) is 11.3. The van der Waals surface area contributed by atoms with Gasteiger partial charge in [0.05, 0.1) is 5.75 Å². The Morgan fingerprint density at radius 3 is 2.75 bits per heavy atom. The highest BCUT2D eigenvalue weighted by Gasteiger charge is 2.10. The molecule has 102 valence electrons. The Balaban J connectivity index is 1.71. The second-order valence-corrected chi connectivity index (χ2v) is 5.43. The van der Waals surface area contributed by atoms with Gasteiger partial charge in [-0.1, -0.05) is 46.7 Å². The second kappa shape index (κ2) is 5.50. The molecular formula is C14H14N4OS. The number of aromatic nitrogens is 4. The van der Waals surface area contributed by atoms with Gasteiger partial charge in [0.1, 0.15) is 0 Å². The molecule has 0 aliphatic heterocycles. The number of hydrogen-bond donors (Lipinski definition) is 0. The Morgan fingerprint density at radius 2 is 2.05 bits per heavy atom. The maximum atomic E-state index is 5.27. The lowest BCUT2D eigenvalue weighted by Gasteiger charge is -1.97. The van der Waals surface area contributed by atoms with E-state index < -0.39 is 0 Å². The summed E-state index contributed by atoms with van der Waals surface area (Å²) in [6.07, 6.45) is 3.68.